The van der Waals surface area contributed by atoms with Crippen molar-refractivity contribution in [3.8, 4) is 0 Å². The third kappa shape index (κ3) is 3.50. The van der Waals surface area contributed by atoms with Gasteiger partial charge in [0.15, 0.2) is 0 Å². The van der Waals surface area contributed by atoms with Gasteiger partial charge in [0.05, 0.1) is 4.90 Å². The van der Waals surface area contributed by atoms with E-state index < -0.39 is 10.0 Å². The van der Waals surface area contributed by atoms with Gasteiger partial charge in [0, 0.05) is 24.1 Å². The molecule has 6 heteroatoms. The Labute approximate surface area is 135 Å². The first-order chi connectivity index (χ1) is 9.66. The van der Waals surface area contributed by atoms with E-state index in [9.17, 15) is 8.42 Å². The molecule has 0 radical (unpaired) electrons. The molecule has 2 N–H and O–H groups in total. The first kappa shape index (κ1) is 16.9. The van der Waals surface area contributed by atoms with E-state index in [0.717, 1.165) is 12.0 Å². The molecule has 1 aromatic carbocycles. The monoisotopic (exact) mass is 374 g/mol. The number of halogens is 1. The van der Waals surface area contributed by atoms with E-state index in [1.165, 1.54) is 0 Å². The lowest BCUT2D eigenvalue weighted by atomic mass is 9.80. The molecule has 1 saturated heterocycles. The Balaban J connectivity index is 2.32. The number of hydrogen-bond acceptors (Lipinski definition) is 3. The van der Waals surface area contributed by atoms with Gasteiger partial charge in [0.1, 0.15) is 0 Å². The Bertz CT molecular complexity index is 623. The van der Waals surface area contributed by atoms with Crippen LogP contribution in [0.4, 0.5) is 0 Å². The normalized spacial score (nSPS) is 20.9. The standard InChI is InChI=1S/C15H23BrN2O2S/c1-15(2,3)12-6-7-18(10-12)21(19,20)14-8-11(9-17)4-5-13(14)16/h4-5,8,12H,6-7,9-10,17H2,1-3H3. The van der Waals surface area contributed by atoms with Crippen LogP contribution in [0.1, 0.15) is 32.8 Å². The zero-order valence-electron chi connectivity index (χ0n) is 12.8. The second-order valence-corrected chi connectivity index (χ2v) is 9.44. The molecule has 21 heavy (non-hydrogen) atoms. The third-order valence-corrected chi connectivity index (χ3v) is 7.08. The minimum atomic E-state index is -3.46. The van der Waals surface area contributed by atoms with Crippen molar-refractivity contribution in [1.29, 1.82) is 0 Å². The van der Waals surface area contributed by atoms with Gasteiger partial charge in [0.25, 0.3) is 0 Å². The van der Waals surface area contributed by atoms with Crippen molar-refractivity contribution in [3.05, 3.63) is 28.2 Å². The van der Waals surface area contributed by atoms with Crippen LogP contribution in [0.5, 0.6) is 0 Å². The van der Waals surface area contributed by atoms with Crippen molar-refractivity contribution >= 4 is 26.0 Å². The van der Waals surface area contributed by atoms with Crippen molar-refractivity contribution in [2.75, 3.05) is 13.1 Å². The van der Waals surface area contributed by atoms with E-state index in [1.807, 2.05) is 6.07 Å². The molecule has 1 heterocycles. The molecule has 0 aromatic heterocycles. The van der Waals surface area contributed by atoms with Crippen LogP contribution in [0, 0.1) is 11.3 Å². The quantitative estimate of drug-likeness (QED) is 0.884. The van der Waals surface area contributed by atoms with Gasteiger partial charge in [-0.15, -0.1) is 0 Å². The first-order valence-electron chi connectivity index (χ1n) is 7.15. The van der Waals surface area contributed by atoms with Crippen LogP contribution in [0.25, 0.3) is 0 Å². The molecule has 0 saturated carbocycles. The van der Waals surface area contributed by atoms with Crippen molar-refractivity contribution in [3.63, 3.8) is 0 Å². The summed E-state index contributed by atoms with van der Waals surface area (Å²) in [6.07, 6.45) is 0.914. The number of hydrogen-bond donors (Lipinski definition) is 1. The molecular weight excluding hydrogens is 352 g/mol. The summed E-state index contributed by atoms with van der Waals surface area (Å²) in [6.45, 7) is 8.01. The van der Waals surface area contributed by atoms with Gasteiger partial charge in [-0.05, 0) is 51.4 Å². The smallest absolute Gasteiger partial charge is 0.244 e. The van der Waals surface area contributed by atoms with Crippen LogP contribution >= 0.6 is 15.9 Å². The van der Waals surface area contributed by atoms with Crippen LogP contribution in [0.2, 0.25) is 0 Å². The number of nitrogens with two attached hydrogens (primary N) is 1. The highest BCUT2D eigenvalue weighted by Crippen LogP contribution is 2.37. The van der Waals surface area contributed by atoms with E-state index in [0.29, 0.717) is 34.9 Å². The summed E-state index contributed by atoms with van der Waals surface area (Å²) in [4.78, 5) is 0.319. The summed E-state index contributed by atoms with van der Waals surface area (Å²) >= 11 is 3.35. The summed E-state index contributed by atoms with van der Waals surface area (Å²) in [5.74, 6) is 0.392. The Kier molecular flexibility index (Phi) is 4.83. The summed E-state index contributed by atoms with van der Waals surface area (Å²) in [7, 11) is -3.46. The highest BCUT2D eigenvalue weighted by Gasteiger charge is 2.38. The zero-order chi connectivity index (χ0) is 15.8. The van der Waals surface area contributed by atoms with Crippen LogP contribution < -0.4 is 5.73 Å². The largest absolute Gasteiger partial charge is 0.326 e. The van der Waals surface area contributed by atoms with Gasteiger partial charge in [-0.25, -0.2) is 8.42 Å². The average Bonchev–Trinajstić information content (AvgIpc) is 2.89. The fourth-order valence-corrected chi connectivity index (χ4v) is 5.14. The van der Waals surface area contributed by atoms with Gasteiger partial charge in [-0.3, -0.25) is 0 Å². The SMILES string of the molecule is CC(C)(C)C1CCN(S(=O)(=O)c2cc(CN)ccc2Br)C1. The number of sulfonamides is 1. The summed E-state index contributed by atoms with van der Waals surface area (Å²) < 4.78 is 27.9. The predicted molar refractivity (Wildman–Crippen MR) is 88.4 cm³/mol. The second kappa shape index (κ2) is 5.99. The average molecular weight is 375 g/mol. The molecule has 0 bridgehead atoms. The molecule has 4 nitrogen and oxygen atoms in total. The zero-order valence-corrected chi connectivity index (χ0v) is 15.2. The molecular formula is C15H23BrN2O2S. The Morgan fingerprint density at radius 1 is 1.38 bits per heavy atom. The molecule has 2 rings (SSSR count). The van der Waals surface area contributed by atoms with E-state index in [1.54, 1.807) is 16.4 Å². The fraction of sp³-hybridized carbons (Fsp3) is 0.600. The molecule has 1 fully saturated rings. The van der Waals surface area contributed by atoms with Crippen LogP contribution in [-0.4, -0.2) is 25.8 Å². The molecule has 118 valence electrons. The van der Waals surface area contributed by atoms with Crippen LogP contribution in [0.15, 0.2) is 27.6 Å². The van der Waals surface area contributed by atoms with Crippen LogP contribution in [-0.2, 0) is 16.6 Å². The lowest BCUT2D eigenvalue weighted by molar-refractivity contribution is 0.252. The number of rotatable bonds is 3. The lowest BCUT2D eigenvalue weighted by Gasteiger charge is -2.27. The summed E-state index contributed by atoms with van der Waals surface area (Å²) in [5, 5.41) is 0. The topological polar surface area (TPSA) is 63.4 Å². The van der Waals surface area contributed by atoms with Gasteiger partial charge in [-0.1, -0.05) is 26.8 Å². The molecule has 0 amide bonds. The Hall–Kier alpha value is -0.430. The maximum atomic E-state index is 12.9. The number of benzene rings is 1. The molecule has 1 aliphatic heterocycles. The van der Waals surface area contributed by atoms with E-state index >= 15 is 0 Å². The number of nitrogens with zero attached hydrogens (tertiary/aromatic N) is 1. The lowest BCUT2D eigenvalue weighted by Crippen LogP contribution is -2.31. The Morgan fingerprint density at radius 2 is 2.05 bits per heavy atom. The summed E-state index contributed by atoms with van der Waals surface area (Å²) in [5.41, 5.74) is 6.57. The maximum Gasteiger partial charge on any atom is 0.244 e. The minimum Gasteiger partial charge on any atom is -0.326 e. The highest BCUT2D eigenvalue weighted by molar-refractivity contribution is 9.10. The van der Waals surface area contributed by atoms with E-state index in [-0.39, 0.29) is 5.41 Å². The molecule has 0 spiro atoms. The van der Waals surface area contributed by atoms with Crippen molar-refractivity contribution in [2.45, 2.75) is 38.6 Å². The predicted octanol–water partition coefficient (Wildman–Crippen LogP) is 2.96. The Morgan fingerprint density at radius 3 is 2.57 bits per heavy atom. The third-order valence-electron chi connectivity index (χ3n) is 4.22. The van der Waals surface area contributed by atoms with E-state index in [2.05, 4.69) is 36.7 Å². The molecule has 1 aliphatic rings. The molecule has 1 unspecified atom stereocenters. The minimum absolute atomic E-state index is 0.126. The molecule has 0 aliphatic carbocycles. The van der Waals surface area contributed by atoms with Crippen molar-refractivity contribution in [2.24, 2.45) is 17.1 Å². The summed E-state index contributed by atoms with van der Waals surface area (Å²) in [6, 6.07) is 5.27. The van der Waals surface area contributed by atoms with Crippen molar-refractivity contribution < 1.29 is 8.42 Å². The fourth-order valence-electron chi connectivity index (χ4n) is 2.66. The van der Waals surface area contributed by atoms with Crippen LogP contribution in [0.3, 0.4) is 0 Å². The first-order valence-corrected chi connectivity index (χ1v) is 9.38. The second-order valence-electron chi connectivity index (χ2n) is 6.68. The van der Waals surface area contributed by atoms with Gasteiger partial charge >= 0.3 is 0 Å². The van der Waals surface area contributed by atoms with Gasteiger partial charge in [-0.2, -0.15) is 4.31 Å². The van der Waals surface area contributed by atoms with Gasteiger partial charge in [0.2, 0.25) is 10.0 Å². The molecule has 1 atom stereocenters. The van der Waals surface area contributed by atoms with E-state index in [4.69, 9.17) is 5.73 Å². The highest BCUT2D eigenvalue weighted by atomic mass is 79.9. The van der Waals surface area contributed by atoms with Crippen molar-refractivity contribution in [1.82, 2.24) is 4.31 Å². The molecule has 1 aromatic rings. The maximum absolute atomic E-state index is 12.9. The van der Waals surface area contributed by atoms with Gasteiger partial charge < -0.3 is 5.73 Å².